The molecule has 2 aromatic carbocycles. The number of hydrogen-bond acceptors (Lipinski definition) is 7. The number of esters is 1. The van der Waals surface area contributed by atoms with Crippen molar-refractivity contribution in [2.75, 3.05) is 14.2 Å². The molecule has 0 aliphatic rings. The summed E-state index contributed by atoms with van der Waals surface area (Å²) < 4.78 is 20.8. The van der Waals surface area contributed by atoms with Gasteiger partial charge in [-0.1, -0.05) is 6.07 Å². The van der Waals surface area contributed by atoms with Crippen LogP contribution in [0.25, 0.3) is 11.0 Å². The zero-order valence-corrected chi connectivity index (χ0v) is 14.1. The van der Waals surface area contributed by atoms with Crippen LogP contribution in [0.1, 0.15) is 15.9 Å². The second-order valence-corrected chi connectivity index (χ2v) is 5.38. The lowest BCUT2D eigenvalue weighted by Gasteiger charge is -2.13. The molecule has 0 atom stereocenters. The third kappa shape index (κ3) is 3.32. The Bertz CT molecular complexity index is 998. The van der Waals surface area contributed by atoms with Gasteiger partial charge in [0.2, 0.25) is 0 Å². The van der Waals surface area contributed by atoms with E-state index >= 15 is 0 Å². The van der Waals surface area contributed by atoms with Gasteiger partial charge in [-0.05, 0) is 24.3 Å². The van der Waals surface area contributed by atoms with E-state index in [1.165, 1.54) is 32.4 Å². The summed E-state index contributed by atoms with van der Waals surface area (Å²) in [5, 5.41) is 10.1. The molecule has 0 saturated heterocycles. The standard InChI is InChI=1S/C19H16O7/c1-23-14-4-3-5-15(24-2)18(14)19(22)25-10-11-8-17(21)26-16-9-12(20)6-7-13(11)16/h3-9,20H,10H2,1-2H3. The topological polar surface area (TPSA) is 95.2 Å². The third-order valence-corrected chi connectivity index (χ3v) is 3.80. The summed E-state index contributed by atoms with van der Waals surface area (Å²) in [5.74, 6) is -0.0542. The second-order valence-electron chi connectivity index (χ2n) is 5.38. The first-order chi connectivity index (χ1) is 12.5. The quantitative estimate of drug-likeness (QED) is 0.555. The van der Waals surface area contributed by atoms with E-state index in [-0.39, 0.29) is 23.5 Å². The van der Waals surface area contributed by atoms with Gasteiger partial charge in [0.15, 0.2) is 0 Å². The molecular weight excluding hydrogens is 340 g/mol. The third-order valence-electron chi connectivity index (χ3n) is 3.80. The van der Waals surface area contributed by atoms with Crippen molar-refractivity contribution >= 4 is 16.9 Å². The van der Waals surface area contributed by atoms with Crippen LogP contribution in [-0.2, 0) is 11.3 Å². The minimum Gasteiger partial charge on any atom is -0.508 e. The Morgan fingerprint density at radius 3 is 2.42 bits per heavy atom. The largest absolute Gasteiger partial charge is 0.508 e. The van der Waals surface area contributed by atoms with Gasteiger partial charge in [0.05, 0.1) is 14.2 Å². The summed E-state index contributed by atoms with van der Waals surface area (Å²) in [4.78, 5) is 24.2. The average Bonchev–Trinajstić information content (AvgIpc) is 2.64. The number of benzene rings is 2. The fourth-order valence-electron chi connectivity index (χ4n) is 2.61. The summed E-state index contributed by atoms with van der Waals surface area (Å²) >= 11 is 0. The summed E-state index contributed by atoms with van der Waals surface area (Å²) in [5.41, 5.74) is 0.211. The lowest BCUT2D eigenvalue weighted by atomic mass is 10.1. The summed E-state index contributed by atoms with van der Waals surface area (Å²) in [6.07, 6.45) is 0. The minimum atomic E-state index is -0.653. The molecular formula is C19H16O7. The molecule has 3 aromatic rings. The van der Waals surface area contributed by atoms with E-state index in [1.54, 1.807) is 24.3 Å². The Hall–Kier alpha value is -3.48. The number of phenolic OH excluding ortho intramolecular Hbond substituents is 1. The smallest absolute Gasteiger partial charge is 0.346 e. The number of ether oxygens (including phenoxy) is 3. The van der Waals surface area contributed by atoms with Gasteiger partial charge in [0, 0.05) is 23.1 Å². The van der Waals surface area contributed by atoms with Crippen LogP contribution in [0.4, 0.5) is 0 Å². The monoisotopic (exact) mass is 356 g/mol. The number of aromatic hydroxyl groups is 1. The predicted molar refractivity (Wildman–Crippen MR) is 92.8 cm³/mol. The molecule has 0 aliphatic carbocycles. The molecule has 1 aromatic heterocycles. The number of phenols is 1. The number of fused-ring (bicyclic) bond motifs is 1. The molecule has 26 heavy (non-hydrogen) atoms. The molecule has 0 bridgehead atoms. The highest BCUT2D eigenvalue weighted by molar-refractivity contribution is 5.95. The van der Waals surface area contributed by atoms with Gasteiger partial charge in [-0.2, -0.15) is 0 Å². The van der Waals surface area contributed by atoms with Gasteiger partial charge in [-0.25, -0.2) is 9.59 Å². The van der Waals surface area contributed by atoms with E-state index in [0.717, 1.165) is 0 Å². The zero-order valence-electron chi connectivity index (χ0n) is 14.1. The minimum absolute atomic E-state index is 0.0337. The van der Waals surface area contributed by atoms with Gasteiger partial charge in [0.1, 0.15) is 35.0 Å². The summed E-state index contributed by atoms with van der Waals surface area (Å²) in [6, 6.07) is 10.5. The van der Waals surface area contributed by atoms with Gasteiger partial charge in [0.25, 0.3) is 0 Å². The van der Waals surface area contributed by atoms with Crippen LogP contribution < -0.4 is 15.1 Å². The fourth-order valence-corrected chi connectivity index (χ4v) is 2.61. The van der Waals surface area contributed by atoms with Crippen molar-refractivity contribution in [3.63, 3.8) is 0 Å². The predicted octanol–water partition coefficient (Wildman–Crippen LogP) is 2.87. The molecule has 7 nitrogen and oxygen atoms in total. The van der Waals surface area contributed by atoms with Crippen molar-refractivity contribution in [2.24, 2.45) is 0 Å². The lowest BCUT2D eigenvalue weighted by molar-refractivity contribution is 0.0466. The first-order valence-corrected chi connectivity index (χ1v) is 7.67. The van der Waals surface area contributed by atoms with Crippen molar-refractivity contribution in [3.8, 4) is 17.2 Å². The first-order valence-electron chi connectivity index (χ1n) is 7.67. The Kier molecular flexibility index (Phi) is 4.79. The van der Waals surface area contributed by atoms with Crippen molar-refractivity contribution in [2.45, 2.75) is 6.61 Å². The van der Waals surface area contributed by atoms with E-state index in [2.05, 4.69) is 0 Å². The van der Waals surface area contributed by atoms with Crippen LogP contribution in [0.5, 0.6) is 17.2 Å². The SMILES string of the molecule is COc1cccc(OC)c1C(=O)OCc1cc(=O)oc2cc(O)ccc12. The van der Waals surface area contributed by atoms with Crippen molar-refractivity contribution < 1.29 is 28.5 Å². The lowest BCUT2D eigenvalue weighted by Crippen LogP contribution is -2.10. The second kappa shape index (κ2) is 7.18. The molecule has 0 amide bonds. The van der Waals surface area contributed by atoms with Crippen molar-refractivity contribution in [3.05, 3.63) is 64.0 Å². The molecule has 7 heteroatoms. The summed E-state index contributed by atoms with van der Waals surface area (Å²) in [7, 11) is 2.88. The van der Waals surface area contributed by atoms with Crippen molar-refractivity contribution in [1.82, 2.24) is 0 Å². The molecule has 0 spiro atoms. The molecule has 0 radical (unpaired) electrons. The van der Waals surface area contributed by atoms with Crippen LogP contribution in [0, 0.1) is 0 Å². The van der Waals surface area contributed by atoms with Crippen LogP contribution in [0.3, 0.4) is 0 Å². The summed E-state index contributed by atoms with van der Waals surface area (Å²) in [6.45, 7) is -0.160. The molecule has 0 aliphatic heterocycles. The molecule has 0 unspecified atom stereocenters. The number of carbonyl (C=O) groups is 1. The van der Waals surface area contributed by atoms with E-state index in [0.29, 0.717) is 22.4 Å². The molecule has 3 rings (SSSR count). The fraction of sp³-hybridized carbons (Fsp3) is 0.158. The van der Waals surface area contributed by atoms with Crippen LogP contribution in [-0.4, -0.2) is 25.3 Å². The van der Waals surface area contributed by atoms with Crippen LogP contribution in [0.2, 0.25) is 0 Å². The number of rotatable bonds is 5. The maximum Gasteiger partial charge on any atom is 0.346 e. The average molecular weight is 356 g/mol. The highest BCUT2D eigenvalue weighted by Gasteiger charge is 2.20. The zero-order chi connectivity index (χ0) is 18.7. The van der Waals surface area contributed by atoms with Crippen LogP contribution in [0.15, 0.2) is 51.7 Å². The molecule has 1 heterocycles. The van der Waals surface area contributed by atoms with E-state index in [4.69, 9.17) is 18.6 Å². The molecule has 1 N–H and O–H groups in total. The van der Waals surface area contributed by atoms with Gasteiger partial charge in [-0.3, -0.25) is 0 Å². The maximum atomic E-state index is 12.5. The highest BCUT2D eigenvalue weighted by Crippen LogP contribution is 2.29. The maximum absolute atomic E-state index is 12.5. The number of carbonyl (C=O) groups excluding carboxylic acids is 1. The van der Waals surface area contributed by atoms with Gasteiger partial charge in [-0.15, -0.1) is 0 Å². The molecule has 0 saturated carbocycles. The highest BCUT2D eigenvalue weighted by atomic mass is 16.5. The molecule has 0 fully saturated rings. The first kappa shape index (κ1) is 17.3. The Labute approximate surface area is 148 Å². The number of hydrogen-bond donors (Lipinski definition) is 1. The normalized spacial score (nSPS) is 10.5. The van der Waals surface area contributed by atoms with Gasteiger partial charge >= 0.3 is 11.6 Å². The van der Waals surface area contributed by atoms with E-state index in [1.807, 2.05) is 0 Å². The Morgan fingerprint density at radius 1 is 1.08 bits per heavy atom. The van der Waals surface area contributed by atoms with E-state index < -0.39 is 11.6 Å². The molecule has 134 valence electrons. The Morgan fingerprint density at radius 2 is 1.77 bits per heavy atom. The van der Waals surface area contributed by atoms with E-state index in [9.17, 15) is 14.7 Å². The van der Waals surface area contributed by atoms with Crippen molar-refractivity contribution in [1.29, 1.82) is 0 Å². The number of methoxy groups -OCH3 is 2. The van der Waals surface area contributed by atoms with Crippen LogP contribution >= 0.6 is 0 Å². The Balaban J connectivity index is 1.92. The van der Waals surface area contributed by atoms with Gasteiger partial charge < -0.3 is 23.7 Å².